The van der Waals surface area contributed by atoms with Crippen LogP contribution in [0.3, 0.4) is 0 Å². The monoisotopic (exact) mass is 415 g/mol. The molecule has 3 aromatic heterocycles. The number of aromatic nitrogens is 3. The molecule has 30 heavy (non-hydrogen) atoms. The van der Waals surface area contributed by atoms with Crippen molar-refractivity contribution < 1.29 is 9.84 Å². The fraction of sp³-hybridized carbons (Fsp3) is 0.0870. The molecule has 6 nitrogen and oxygen atoms in total. The van der Waals surface area contributed by atoms with Crippen molar-refractivity contribution in [1.29, 1.82) is 0 Å². The lowest BCUT2D eigenvalue weighted by Crippen LogP contribution is -2.21. The molecular formula is C23H17N3O3S. The Kier molecular flexibility index (Phi) is 4.44. The van der Waals surface area contributed by atoms with Crippen molar-refractivity contribution in [3.05, 3.63) is 77.2 Å². The second kappa shape index (κ2) is 7.27. The first-order chi connectivity index (χ1) is 14.7. The van der Waals surface area contributed by atoms with Crippen LogP contribution in [0, 0.1) is 0 Å². The predicted molar refractivity (Wildman–Crippen MR) is 119 cm³/mol. The maximum absolute atomic E-state index is 13.5. The topological polar surface area (TPSA) is 77.2 Å². The molecule has 0 amide bonds. The van der Waals surface area contributed by atoms with Gasteiger partial charge in [0.1, 0.15) is 21.2 Å². The minimum atomic E-state index is -0.204. The van der Waals surface area contributed by atoms with Crippen LogP contribution in [0.25, 0.3) is 37.5 Å². The third kappa shape index (κ3) is 2.91. The Balaban J connectivity index is 1.83. The van der Waals surface area contributed by atoms with Gasteiger partial charge in [-0.1, -0.05) is 12.1 Å². The number of thiophene rings is 1. The van der Waals surface area contributed by atoms with E-state index >= 15 is 0 Å². The Labute approximate surface area is 175 Å². The zero-order valence-electron chi connectivity index (χ0n) is 16.1. The molecule has 148 valence electrons. The number of ether oxygens (including phenoxy) is 1. The van der Waals surface area contributed by atoms with Crippen LogP contribution in [0.15, 0.2) is 71.7 Å². The average Bonchev–Trinajstić information content (AvgIpc) is 3.11. The summed E-state index contributed by atoms with van der Waals surface area (Å²) in [5, 5.41) is 12.0. The number of rotatable bonds is 4. The van der Waals surface area contributed by atoms with Gasteiger partial charge in [-0.25, -0.2) is 9.97 Å². The normalized spacial score (nSPS) is 11.2. The third-order valence-corrected chi connectivity index (χ3v) is 5.92. The van der Waals surface area contributed by atoms with E-state index in [-0.39, 0.29) is 11.3 Å². The van der Waals surface area contributed by atoms with Crippen LogP contribution in [-0.4, -0.2) is 26.2 Å². The summed E-state index contributed by atoms with van der Waals surface area (Å²) in [5.74, 6) is 1.17. The lowest BCUT2D eigenvalue weighted by Gasteiger charge is -2.13. The first kappa shape index (κ1) is 18.3. The summed E-state index contributed by atoms with van der Waals surface area (Å²) in [6.45, 7) is 2.48. The molecule has 0 unspecified atom stereocenters. The first-order valence-corrected chi connectivity index (χ1v) is 10.3. The Morgan fingerprint density at radius 2 is 1.80 bits per heavy atom. The van der Waals surface area contributed by atoms with Crippen LogP contribution in [0.2, 0.25) is 0 Å². The smallest absolute Gasteiger partial charge is 0.266 e. The Hall–Kier alpha value is -3.71. The molecule has 5 rings (SSSR count). The summed E-state index contributed by atoms with van der Waals surface area (Å²) in [6, 6.07) is 18.0. The predicted octanol–water partition coefficient (Wildman–Crippen LogP) is 4.77. The number of hydrogen-bond acceptors (Lipinski definition) is 6. The van der Waals surface area contributed by atoms with Gasteiger partial charge in [0.2, 0.25) is 0 Å². The van der Waals surface area contributed by atoms with E-state index in [0.29, 0.717) is 44.1 Å². The van der Waals surface area contributed by atoms with Crippen LogP contribution in [0.5, 0.6) is 11.5 Å². The largest absolute Gasteiger partial charge is 0.506 e. The second-order valence-electron chi connectivity index (χ2n) is 6.66. The highest BCUT2D eigenvalue weighted by atomic mass is 32.1. The van der Waals surface area contributed by atoms with Gasteiger partial charge in [0.25, 0.3) is 5.56 Å². The van der Waals surface area contributed by atoms with E-state index in [9.17, 15) is 9.90 Å². The van der Waals surface area contributed by atoms with Gasteiger partial charge in [0.15, 0.2) is 5.82 Å². The van der Waals surface area contributed by atoms with Crippen molar-refractivity contribution in [3.63, 3.8) is 0 Å². The number of para-hydroxylation sites is 1. The third-order valence-electron chi connectivity index (χ3n) is 4.82. The van der Waals surface area contributed by atoms with Crippen LogP contribution < -0.4 is 10.3 Å². The van der Waals surface area contributed by atoms with Gasteiger partial charge in [-0.2, -0.15) is 0 Å². The van der Waals surface area contributed by atoms with Crippen LogP contribution in [0.4, 0.5) is 0 Å². The molecule has 2 aromatic carbocycles. The van der Waals surface area contributed by atoms with Crippen molar-refractivity contribution in [2.45, 2.75) is 6.92 Å². The molecule has 0 aliphatic heterocycles. The second-order valence-corrected chi connectivity index (χ2v) is 7.66. The van der Waals surface area contributed by atoms with E-state index < -0.39 is 0 Å². The van der Waals surface area contributed by atoms with E-state index in [1.54, 1.807) is 30.5 Å². The maximum Gasteiger partial charge on any atom is 0.266 e. The van der Waals surface area contributed by atoms with Crippen LogP contribution in [0.1, 0.15) is 6.92 Å². The number of fused-ring (bicyclic) bond motifs is 2. The van der Waals surface area contributed by atoms with E-state index in [1.807, 2.05) is 43.3 Å². The van der Waals surface area contributed by atoms with Crippen molar-refractivity contribution in [1.82, 2.24) is 14.5 Å². The van der Waals surface area contributed by atoms with Gasteiger partial charge in [0, 0.05) is 6.20 Å². The molecule has 0 aliphatic carbocycles. The van der Waals surface area contributed by atoms with Gasteiger partial charge in [0.05, 0.1) is 28.6 Å². The number of pyridine rings is 1. The van der Waals surface area contributed by atoms with E-state index in [0.717, 1.165) is 5.75 Å². The molecule has 0 aliphatic rings. The van der Waals surface area contributed by atoms with Crippen molar-refractivity contribution >= 4 is 32.5 Å². The summed E-state index contributed by atoms with van der Waals surface area (Å²) >= 11 is 1.31. The first-order valence-electron chi connectivity index (χ1n) is 9.49. The van der Waals surface area contributed by atoms with E-state index in [4.69, 9.17) is 9.72 Å². The number of nitrogens with zero attached hydrogens (tertiary/aromatic N) is 3. The summed E-state index contributed by atoms with van der Waals surface area (Å²) in [4.78, 5) is 23.7. The van der Waals surface area contributed by atoms with Crippen molar-refractivity contribution in [2.24, 2.45) is 0 Å². The molecule has 0 atom stereocenters. The molecule has 0 spiro atoms. The average molecular weight is 415 g/mol. The SMILES string of the molecule is CCOc1ccc(-n2c(-c3sc4ncccc4c3O)nc3ccccc3c2=O)cc1. The summed E-state index contributed by atoms with van der Waals surface area (Å²) < 4.78 is 7.05. The van der Waals surface area contributed by atoms with Crippen LogP contribution in [-0.2, 0) is 0 Å². The zero-order chi connectivity index (χ0) is 20.7. The fourth-order valence-corrected chi connectivity index (χ4v) is 4.47. The Bertz CT molecular complexity index is 1440. The quantitative estimate of drug-likeness (QED) is 0.458. The Morgan fingerprint density at radius 3 is 2.57 bits per heavy atom. The lowest BCUT2D eigenvalue weighted by molar-refractivity contribution is 0.340. The van der Waals surface area contributed by atoms with E-state index in [1.165, 1.54) is 15.9 Å². The molecule has 0 saturated carbocycles. The molecular weight excluding hydrogens is 398 g/mol. The molecule has 3 heterocycles. The maximum atomic E-state index is 13.5. The molecule has 0 fully saturated rings. The summed E-state index contributed by atoms with van der Waals surface area (Å²) in [7, 11) is 0. The number of hydrogen-bond donors (Lipinski definition) is 1. The van der Waals surface area contributed by atoms with Gasteiger partial charge >= 0.3 is 0 Å². The summed E-state index contributed by atoms with van der Waals surface area (Å²) in [5.41, 5.74) is 1.01. The zero-order valence-corrected chi connectivity index (χ0v) is 16.9. The fourth-order valence-electron chi connectivity index (χ4n) is 3.45. The van der Waals surface area contributed by atoms with Crippen molar-refractivity contribution in [2.75, 3.05) is 6.61 Å². The molecule has 1 N–H and O–H groups in total. The van der Waals surface area contributed by atoms with Gasteiger partial charge < -0.3 is 9.84 Å². The van der Waals surface area contributed by atoms with Gasteiger partial charge in [-0.3, -0.25) is 9.36 Å². The molecule has 0 radical (unpaired) electrons. The highest BCUT2D eigenvalue weighted by molar-refractivity contribution is 7.22. The minimum Gasteiger partial charge on any atom is -0.506 e. The van der Waals surface area contributed by atoms with Gasteiger partial charge in [-0.05, 0) is 55.5 Å². The highest BCUT2D eigenvalue weighted by Gasteiger charge is 2.21. The number of aromatic hydroxyl groups is 1. The standard InChI is InChI=1S/C23H17N3O3S/c1-2-29-15-11-9-14(10-12-15)26-21(25-18-8-4-3-6-16(18)23(26)28)20-19(27)17-7-5-13-24-22(17)30-20/h3-13,27H,2H2,1H3. The molecule has 5 aromatic rings. The molecule has 0 saturated heterocycles. The van der Waals surface area contributed by atoms with Crippen LogP contribution >= 0.6 is 11.3 Å². The van der Waals surface area contributed by atoms with Gasteiger partial charge in [-0.15, -0.1) is 11.3 Å². The molecule has 7 heteroatoms. The minimum absolute atomic E-state index is 0.0740. The lowest BCUT2D eigenvalue weighted by atomic mass is 10.2. The summed E-state index contributed by atoms with van der Waals surface area (Å²) in [6.07, 6.45) is 1.68. The highest BCUT2D eigenvalue weighted by Crippen LogP contribution is 2.42. The van der Waals surface area contributed by atoms with E-state index in [2.05, 4.69) is 4.98 Å². The number of benzene rings is 2. The molecule has 0 bridgehead atoms. The van der Waals surface area contributed by atoms with Crippen molar-refractivity contribution in [3.8, 4) is 27.9 Å². The Morgan fingerprint density at radius 1 is 1.03 bits per heavy atom.